The van der Waals surface area contributed by atoms with E-state index < -0.39 is 17.9 Å². The van der Waals surface area contributed by atoms with E-state index in [0.29, 0.717) is 0 Å². The molecule has 1 rings (SSSR count). The zero-order valence-corrected chi connectivity index (χ0v) is 6.11. The molecule has 2 atom stereocenters. The lowest BCUT2D eigenvalue weighted by Crippen LogP contribution is -2.39. The molecule has 0 aromatic heterocycles. The Hall–Kier alpha value is -0.650. The molecule has 1 unspecified atom stereocenters. The van der Waals surface area contributed by atoms with E-state index in [1.54, 1.807) is 0 Å². The summed E-state index contributed by atoms with van der Waals surface area (Å²) in [5.74, 6) is -2.80. The van der Waals surface area contributed by atoms with Crippen molar-refractivity contribution < 1.29 is 24.5 Å². The van der Waals surface area contributed by atoms with Gasteiger partial charge in [-0.15, -0.1) is 0 Å². The van der Waals surface area contributed by atoms with E-state index in [9.17, 15) is 9.90 Å². The first kappa shape index (κ1) is 8.45. The first-order valence-electron chi connectivity index (χ1n) is 3.21. The third kappa shape index (κ3) is 1.50. The van der Waals surface area contributed by atoms with Crippen LogP contribution in [-0.2, 0) is 14.3 Å². The summed E-state index contributed by atoms with van der Waals surface area (Å²) < 4.78 is 8.90. The number of aliphatic hydroxyl groups is 2. The lowest BCUT2D eigenvalue weighted by Gasteiger charge is -2.16. The summed E-state index contributed by atoms with van der Waals surface area (Å²) >= 11 is 0. The highest BCUT2D eigenvalue weighted by Crippen LogP contribution is 2.23. The predicted molar refractivity (Wildman–Crippen MR) is 33.5 cm³/mol. The van der Waals surface area contributed by atoms with Gasteiger partial charge in [-0.05, 0) is 0 Å². The largest absolute Gasteiger partial charge is 0.465 e. The van der Waals surface area contributed by atoms with Crippen LogP contribution < -0.4 is 0 Å². The predicted octanol–water partition coefficient (Wildman–Crippen LogP) is -1.37. The van der Waals surface area contributed by atoms with E-state index >= 15 is 0 Å². The van der Waals surface area contributed by atoms with Crippen LogP contribution in [0, 0.1) is 0 Å². The van der Waals surface area contributed by atoms with Gasteiger partial charge in [-0.25, -0.2) is 4.79 Å². The van der Waals surface area contributed by atoms with Gasteiger partial charge in [0.25, 0.3) is 5.79 Å². The molecule has 11 heavy (non-hydrogen) atoms. The molecule has 0 saturated carbocycles. The number of methoxy groups -OCH3 is 1. The molecule has 5 nitrogen and oxygen atoms in total. The number of hydrogen-bond acceptors (Lipinski definition) is 5. The third-order valence-corrected chi connectivity index (χ3v) is 1.53. The van der Waals surface area contributed by atoms with Crippen molar-refractivity contribution in [3.63, 3.8) is 0 Å². The number of hydrogen-bond donors (Lipinski definition) is 2. The van der Waals surface area contributed by atoms with Gasteiger partial charge >= 0.3 is 5.97 Å². The van der Waals surface area contributed by atoms with Gasteiger partial charge in [0.2, 0.25) is 0 Å². The van der Waals surface area contributed by atoms with Gasteiger partial charge in [0.05, 0.1) is 19.8 Å². The first-order chi connectivity index (χ1) is 5.08. The van der Waals surface area contributed by atoms with Crippen LogP contribution in [0.5, 0.6) is 0 Å². The van der Waals surface area contributed by atoms with Gasteiger partial charge in [-0.1, -0.05) is 0 Å². The number of esters is 1. The number of carbonyl (C=O) groups is 1. The Bertz CT molecular complexity index is 168. The quantitative estimate of drug-likeness (QED) is 0.465. The maximum Gasteiger partial charge on any atom is 0.366 e. The van der Waals surface area contributed by atoms with Crippen molar-refractivity contribution in [3.8, 4) is 0 Å². The lowest BCUT2D eigenvalue weighted by atomic mass is 10.1. The van der Waals surface area contributed by atoms with E-state index in [1.807, 2.05) is 0 Å². The topological polar surface area (TPSA) is 76.0 Å². The Morgan fingerprint density at radius 1 is 1.82 bits per heavy atom. The normalized spacial score (nSPS) is 37.2. The Morgan fingerprint density at radius 2 is 2.45 bits per heavy atom. The number of carbonyl (C=O) groups excluding carboxylic acids is 1. The van der Waals surface area contributed by atoms with Crippen molar-refractivity contribution in [1.82, 2.24) is 0 Å². The molecule has 0 radical (unpaired) electrons. The molecular formula is C6H10O5. The Kier molecular flexibility index (Phi) is 2.12. The molecule has 1 aliphatic rings. The van der Waals surface area contributed by atoms with Crippen LogP contribution in [0.15, 0.2) is 0 Å². The molecule has 1 heterocycles. The molecule has 64 valence electrons. The lowest BCUT2D eigenvalue weighted by molar-refractivity contribution is -0.209. The average molecular weight is 162 g/mol. The smallest absolute Gasteiger partial charge is 0.366 e. The summed E-state index contributed by atoms with van der Waals surface area (Å²) in [5.41, 5.74) is 0. The van der Waals surface area contributed by atoms with Crippen LogP contribution in [0.1, 0.15) is 6.42 Å². The van der Waals surface area contributed by atoms with Crippen LogP contribution in [0.3, 0.4) is 0 Å². The summed E-state index contributed by atoms with van der Waals surface area (Å²) in [6.07, 6.45) is -0.918. The second-order valence-electron chi connectivity index (χ2n) is 2.44. The van der Waals surface area contributed by atoms with Gasteiger partial charge < -0.3 is 19.7 Å². The van der Waals surface area contributed by atoms with Crippen LogP contribution in [0.25, 0.3) is 0 Å². The summed E-state index contributed by atoms with van der Waals surface area (Å²) in [4.78, 5) is 10.8. The molecule has 1 aliphatic heterocycles. The van der Waals surface area contributed by atoms with Crippen LogP contribution in [0.2, 0.25) is 0 Å². The third-order valence-electron chi connectivity index (χ3n) is 1.53. The molecule has 2 N–H and O–H groups in total. The van der Waals surface area contributed by atoms with E-state index in [0.717, 1.165) is 7.11 Å². The van der Waals surface area contributed by atoms with Gasteiger partial charge in [0.1, 0.15) is 0 Å². The Morgan fingerprint density at radius 3 is 2.82 bits per heavy atom. The van der Waals surface area contributed by atoms with Crippen molar-refractivity contribution in [2.24, 2.45) is 0 Å². The first-order valence-corrected chi connectivity index (χ1v) is 3.21. The molecule has 1 saturated heterocycles. The molecule has 1 fully saturated rings. The van der Waals surface area contributed by atoms with E-state index in [2.05, 4.69) is 9.47 Å². The molecule has 0 aromatic carbocycles. The van der Waals surface area contributed by atoms with Crippen molar-refractivity contribution >= 4 is 5.97 Å². The maximum atomic E-state index is 10.8. The van der Waals surface area contributed by atoms with Crippen molar-refractivity contribution in [2.45, 2.75) is 18.3 Å². The van der Waals surface area contributed by atoms with Crippen LogP contribution in [-0.4, -0.2) is 41.8 Å². The highest BCUT2D eigenvalue weighted by Gasteiger charge is 2.45. The van der Waals surface area contributed by atoms with Crippen molar-refractivity contribution in [3.05, 3.63) is 0 Å². The zero-order valence-electron chi connectivity index (χ0n) is 6.11. The SMILES string of the molecule is COC(=O)C1(O)C[C@@H](O)CO1. The highest BCUT2D eigenvalue weighted by molar-refractivity contribution is 5.77. The fourth-order valence-electron chi connectivity index (χ4n) is 0.973. The van der Waals surface area contributed by atoms with E-state index in [-0.39, 0.29) is 13.0 Å². The standard InChI is InChI=1S/C6H10O5/c1-10-5(8)6(9)2-4(7)3-11-6/h4,7,9H,2-3H2,1H3/t4-,6?/m1/s1. The van der Waals surface area contributed by atoms with Crippen LogP contribution in [0.4, 0.5) is 0 Å². The summed E-state index contributed by atoms with van der Waals surface area (Å²) in [5, 5.41) is 18.2. The molecule has 0 bridgehead atoms. The number of rotatable bonds is 1. The molecule has 0 aromatic rings. The Balaban J connectivity index is 2.61. The minimum atomic E-state index is -1.94. The number of ether oxygens (including phenoxy) is 2. The van der Waals surface area contributed by atoms with Gasteiger partial charge in [0.15, 0.2) is 0 Å². The van der Waals surface area contributed by atoms with Gasteiger partial charge in [-0.3, -0.25) is 0 Å². The summed E-state index contributed by atoms with van der Waals surface area (Å²) in [6, 6.07) is 0. The molecule has 0 spiro atoms. The monoisotopic (exact) mass is 162 g/mol. The molecule has 0 amide bonds. The fourth-order valence-corrected chi connectivity index (χ4v) is 0.973. The minimum Gasteiger partial charge on any atom is -0.465 e. The number of aliphatic hydroxyl groups excluding tert-OH is 1. The van der Waals surface area contributed by atoms with Gasteiger partial charge in [-0.2, -0.15) is 0 Å². The second kappa shape index (κ2) is 2.77. The Labute approximate surface area is 63.5 Å². The zero-order chi connectivity index (χ0) is 8.48. The molecule has 5 heteroatoms. The average Bonchev–Trinajstić information content (AvgIpc) is 2.31. The van der Waals surface area contributed by atoms with E-state index in [4.69, 9.17) is 5.11 Å². The fraction of sp³-hybridized carbons (Fsp3) is 0.833. The summed E-state index contributed by atoms with van der Waals surface area (Å²) in [7, 11) is 1.15. The summed E-state index contributed by atoms with van der Waals surface area (Å²) in [6.45, 7) is -0.0361. The van der Waals surface area contributed by atoms with Gasteiger partial charge in [0, 0.05) is 6.42 Å². The highest BCUT2D eigenvalue weighted by atomic mass is 16.7. The molecule has 0 aliphatic carbocycles. The molecular weight excluding hydrogens is 152 g/mol. The van der Waals surface area contributed by atoms with Crippen molar-refractivity contribution in [1.29, 1.82) is 0 Å². The minimum absolute atomic E-state index is 0.0361. The van der Waals surface area contributed by atoms with Crippen molar-refractivity contribution in [2.75, 3.05) is 13.7 Å². The van der Waals surface area contributed by atoms with E-state index in [1.165, 1.54) is 0 Å². The maximum absolute atomic E-state index is 10.8. The second-order valence-corrected chi connectivity index (χ2v) is 2.44. The van der Waals surface area contributed by atoms with Crippen LogP contribution >= 0.6 is 0 Å².